The Hall–Kier alpha value is -1.61. The first-order valence-corrected chi connectivity index (χ1v) is 5.79. The fourth-order valence-electron chi connectivity index (χ4n) is 1.43. The third-order valence-corrected chi connectivity index (χ3v) is 2.58. The van der Waals surface area contributed by atoms with E-state index in [9.17, 15) is 4.79 Å². The molecule has 2 unspecified atom stereocenters. The van der Waals surface area contributed by atoms with Crippen LogP contribution in [0.25, 0.3) is 0 Å². The number of hydrogen-bond donors (Lipinski definition) is 2. The van der Waals surface area contributed by atoms with Gasteiger partial charge in [0.1, 0.15) is 0 Å². The first-order chi connectivity index (χ1) is 8.02. The second-order valence-corrected chi connectivity index (χ2v) is 4.27. The largest absolute Gasteiger partial charge is 0.325 e. The predicted molar refractivity (Wildman–Crippen MR) is 72.1 cm³/mol. The number of nitrogens with one attached hydrogen (secondary N) is 2. The Morgan fingerprint density at radius 2 is 1.88 bits per heavy atom. The lowest BCUT2D eigenvalue weighted by atomic mass is 10.2. The van der Waals surface area contributed by atoms with Crippen molar-refractivity contribution < 1.29 is 4.79 Å². The second-order valence-electron chi connectivity index (χ2n) is 4.27. The van der Waals surface area contributed by atoms with Crippen LogP contribution >= 0.6 is 0 Å². The molecule has 0 aromatic heterocycles. The first kappa shape index (κ1) is 13.5. The van der Waals surface area contributed by atoms with Crippen molar-refractivity contribution in [3.05, 3.63) is 42.5 Å². The summed E-state index contributed by atoms with van der Waals surface area (Å²) in [5, 5.41) is 5.99. The molecule has 0 fully saturated rings. The van der Waals surface area contributed by atoms with Crippen LogP contribution in [0.15, 0.2) is 36.9 Å². The molecule has 3 heteroatoms. The highest BCUT2D eigenvalue weighted by atomic mass is 16.2. The monoisotopic (exact) mass is 232 g/mol. The van der Waals surface area contributed by atoms with Gasteiger partial charge in [-0.25, -0.2) is 0 Å². The smallest absolute Gasteiger partial charge is 0.241 e. The topological polar surface area (TPSA) is 41.1 Å². The van der Waals surface area contributed by atoms with Gasteiger partial charge in [0.15, 0.2) is 0 Å². The van der Waals surface area contributed by atoms with Gasteiger partial charge in [0.25, 0.3) is 0 Å². The van der Waals surface area contributed by atoms with Gasteiger partial charge >= 0.3 is 0 Å². The normalized spacial score (nSPS) is 13.8. The van der Waals surface area contributed by atoms with Crippen LogP contribution in [0.1, 0.15) is 19.4 Å². The van der Waals surface area contributed by atoms with E-state index in [2.05, 4.69) is 17.2 Å². The summed E-state index contributed by atoms with van der Waals surface area (Å²) < 4.78 is 0. The van der Waals surface area contributed by atoms with Crippen molar-refractivity contribution in [3.63, 3.8) is 0 Å². The zero-order chi connectivity index (χ0) is 12.8. The number of hydrogen-bond acceptors (Lipinski definition) is 2. The summed E-state index contributed by atoms with van der Waals surface area (Å²) in [7, 11) is 0. The third-order valence-electron chi connectivity index (χ3n) is 2.58. The zero-order valence-corrected chi connectivity index (χ0v) is 10.7. The Bertz CT molecular complexity index is 384. The van der Waals surface area contributed by atoms with Gasteiger partial charge in [0.2, 0.25) is 5.91 Å². The summed E-state index contributed by atoms with van der Waals surface area (Å²) in [4.78, 5) is 11.8. The number of anilines is 1. The van der Waals surface area contributed by atoms with Crippen LogP contribution in [0.3, 0.4) is 0 Å². The lowest BCUT2D eigenvalue weighted by Crippen LogP contribution is -2.41. The minimum atomic E-state index is -0.246. The molecule has 1 aromatic rings. The summed E-state index contributed by atoms with van der Waals surface area (Å²) in [6.45, 7) is 9.49. The third kappa shape index (κ3) is 4.41. The standard InChI is InChI=1S/C14H20N2O/c1-5-11(3)15-12(4)14(17)16-13-8-6-10(2)7-9-13/h5-9,11-12,15H,1H2,2-4H3,(H,16,17). The molecule has 0 aliphatic rings. The second kappa shape index (κ2) is 6.21. The number of carbonyl (C=O) groups is 1. The molecule has 2 N–H and O–H groups in total. The molecule has 0 heterocycles. The fraction of sp³-hybridized carbons (Fsp3) is 0.357. The molecule has 1 rings (SSSR count). The molecule has 2 atom stereocenters. The van der Waals surface area contributed by atoms with Crippen LogP contribution in [0, 0.1) is 6.92 Å². The molecule has 92 valence electrons. The summed E-state index contributed by atoms with van der Waals surface area (Å²) in [5.41, 5.74) is 2.00. The Balaban J connectivity index is 2.53. The maximum atomic E-state index is 11.8. The molecule has 3 nitrogen and oxygen atoms in total. The van der Waals surface area contributed by atoms with E-state index in [1.54, 1.807) is 6.08 Å². The predicted octanol–water partition coefficient (Wildman–Crippen LogP) is 2.49. The Kier molecular flexibility index (Phi) is 4.91. The molecule has 17 heavy (non-hydrogen) atoms. The highest BCUT2D eigenvalue weighted by Gasteiger charge is 2.13. The molecule has 0 radical (unpaired) electrons. The number of amides is 1. The Labute approximate surface area is 103 Å². The Morgan fingerprint density at radius 1 is 1.29 bits per heavy atom. The number of rotatable bonds is 5. The molecule has 1 amide bonds. The van der Waals surface area contributed by atoms with Crippen molar-refractivity contribution in [1.29, 1.82) is 0 Å². The van der Waals surface area contributed by atoms with E-state index in [1.165, 1.54) is 5.56 Å². The molecular formula is C14H20N2O. The van der Waals surface area contributed by atoms with Crippen LogP contribution < -0.4 is 10.6 Å². The van der Waals surface area contributed by atoms with Crippen LogP contribution in [-0.2, 0) is 4.79 Å². The number of benzene rings is 1. The van der Waals surface area contributed by atoms with Crippen molar-refractivity contribution in [2.75, 3.05) is 5.32 Å². The van der Waals surface area contributed by atoms with Crippen LogP contribution in [0.2, 0.25) is 0 Å². The quantitative estimate of drug-likeness (QED) is 0.766. The van der Waals surface area contributed by atoms with Gasteiger partial charge < -0.3 is 10.6 Å². The van der Waals surface area contributed by atoms with E-state index in [0.29, 0.717) is 0 Å². The number of carbonyl (C=O) groups excluding carboxylic acids is 1. The average molecular weight is 232 g/mol. The summed E-state index contributed by atoms with van der Waals surface area (Å²) in [5.74, 6) is -0.0393. The maximum Gasteiger partial charge on any atom is 0.241 e. The summed E-state index contributed by atoms with van der Waals surface area (Å²) >= 11 is 0. The summed E-state index contributed by atoms with van der Waals surface area (Å²) in [6, 6.07) is 7.62. The van der Waals surface area contributed by atoms with E-state index in [-0.39, 0.29) is 18.0 Å². The molecule has 0 aliphatic heterocycles. The van der Waals surface area contributed by atoms with Crippen molar-refractivity contribution in [2.24, 2.45) is 0 Å². The van der Waals surface area contributed by atoms with E-state index in [0.717, 1.165) is 5.69 Å². The van der Waals surface area contributed by atoms with Gasteiger partial charge in [0, 0.05) is 11.7 Å². The lowest BCUT2D eigenvalue weighted by molar-refractivity contribution is -0.117. The lowest BCUT2D eigenvalue weighted by Gasteiger charge is -2.17. The number of aryl methyl sites for hydroxylation is 1. The first-order valence-electron chi connectivity index (χ1n) is 5.79. The fourth-order valence-corrected chi connectivity index (χ4v) is 1.43. The minimum absolute atomic E-state index is 0.0393. The van der Waals surface area contributed by atoms with Gasteiger partial charge in [0.05, 0.1) is 6.04 Å². The van der Waals surface area contributed by atoms with Gasteiger partial charge in [-0.05, 0) is 32.9 Å². The van der Waals surface area contributed by atoms with E-state index in [4.69, 9.17) is 0 Å². The zero-order valence-electron chi connectivity index (χ0n) is 10.7. The van der Waals surface area contributed by atoms with Crippen LogP contribution in [-0.4, -0.2) is 18.0 Å². The molecule has 0 saturated carbocycles. The SMILES string of the molecule is C=CC(C)NC(C)C(=O)Nc1ccc(C)cc1. The van der Waals surface area contributed by atoms with Crippen molar-refractivity contribution >= 4 is 11.6 Å². The van der Waals surface area contributed by atoms with Gasteiger partial charge in [-0.2, -0.15) is 0 Å². The van der Waals surface area contributed by atoms with Crippen LogP contribution in [0.4, 0.5) is 5.69 Å². The average Bonchev–Trinajstić information content (AvgIpc) is 2.31. The highest BCUT2D eigenvalue weighted by Crippen LogP contribution is 2.08. The van der Waals surface area contributed by atoms with E-state index in [1.807, 2.05) is 45.0 Å². The molecule has 1 aromatic carbocycles. The molecule has 0 bridgehead atoms. The minimum Gasteiger partial charge on any atom is -0.325 e. The molecular weight excluding hydrogens is 212 g/mol. The van der Waals surface area contributed by atoms with Gasteiger partial charge in [-0.3, -0.25) is 4.79 Å². The van der Waals surface area contributed by atoms with Crippen molar-refractivity contribution in [3.8, 4) is 0 Å². The summed E-state index contributed by atoms with van der Waals surface area (Å²) in [6.07, 6.45) is 1.77. The van der Waals surface area contributed by atoms with Gasteiger partial charge in [-0.15, -0.1) is 6.58 Å². The Morgan fingerprint density at radius 3 is 2.41 bits per heavy atom. The van der Waals surface area contributed by atoms with Crippen LogP contribution in [0.5, 0.6) is 0 Å². The van der Waals surface area contributed by atoms with Crippen molar-refractivity contribution in [1.82, 2.24) is 5.32 Å². The molecule has 0 aliphatic carbocycles. The van der Waals surface area contributed by atoms with E-state index >= 15 is 0 Å². The van der Waals surface area contributed by atoms with Crippen molar-refractivity contribution in [2.45, 2.75) is 32.9 Å². The highest BCUT2D eigenvalue weighted by molar-refractivity contribution is 5.94. The van der Waals surface area contributed by atoms with E-state index < -0.39 is 0 Å². The molecule has 0 spiro atoms. The molecule has 0 saturated heterocycles. The maximum absolute atomic E-state index is 11.8. The van der Waals surface area contributed by atoms with Gasteiger partial charge in [-0.1, -0.05) is 23.8 Å².